The van der Waals surface area contributed by atoms with Gasteiger partial charge in [0, 0.05) is 24.2 Å². The Labute approximate surface area is 167 Å². The van der Waals surface area contributed by atoms with Crippen LogP contribution < -0.4 is 15.5 Å². The van der Waals surface area contributed by atoms with Crippen LogP contribution in [0, 0.1) is 17.6 Å². The molecule has 0 saturated carbocycles. The highest BCUT2D eigenvalue weighted by atomic mass is 19.1. The number of benzene rings is 1. The number of nitrogens with one attached hydrogen (secondary N) is 2. The average Bonchev–Trinajstić information content (AvgIpc) is 2.58. The van der Waals surface area contributed by atoms with E-state index in [9.17, 15) is 23.2 Å². The van der Waals surface area contributed by atoms with Crippen molar-refractivity contribution < 1.29 is 27.9 Å². The van der Waals surface area contributed by atoms with Gasteiger partial charge in [0.1, 0.15) is 17.7 Å². The summed E-state index contributed by atoms with van der Waals surface area (Å²) in [6.45, 7) is 5.30. The molecule has 0 aromatic heterocycles. The summed E-state index contributed by atoms with van der Waals surface area (Å²) in [6, 6.07) is 2.34. The van der Waals surface area contributed by atoms with Crippen molar-refractivity contribution in [3.05, 3.63) is 29.3 Å². The molecule has 29 heavy (non-hydrogen) atoms. The van der Waals surface area contributed by atoms with Gasteiger partial charge in [-0.3, -0.25) is 14.9 Å². The molecule has 2 saturated heterocycles. The van der Waals surface area contributed by atoms with Gasteiger partial charge in [-0.25, -0.2) is 13.6 Å². The van der Waals surface area contributed by atoms with Gasteiger partial charge in [-0.15, -0.1) is 0 Å². The Balaban J connectivity index is 1.56. The van der Waals surface area contributed by atoms with Crippen molar-refractivity contribution in [2.24, 2.45) is 5.92 Å². The van der Waals surface area contributed by atoms with E-state index in [2.05, 4.69) is 24.5 Å². The summed E-state index contributed by atoms with van der Waals surface area (Å²) in [6.07, 6.45) is 0.116. The molecule has 0 radical (unpaired) electrons. The molecular formula is C20H25F2N3O4. The van der Waals surface area contributed by atoms with Crippen LogP contribution in [-0.4, -0.2) is 43.6 Å². The first-order valence-corrected chi connectivity index (χ1v) is 9.76. The summed E-state index contributed by atoms with van der Waals surface area (Å²) >= 11 is 0. The minimum absolute atomic E-state index is 0.0431. The van der Waals surface area contributed by atoms with Crippen LogP contribution in [0.5, 0.6) is 0 Å². The Kier molecular flexibility index (Phi) is 6.34. The maximum Gasteiger partial charge on any atom is 0.407 e. The Morgan fingerprint density at radius 1 is 1.28 bits per heavy atom. The first-order chi connectivity index (χ1) is 13.7. The van der Waals surface area contributed by atoms with Crippen molar-refractivity contribution in [2.45, 2.75) is 45.1 Å². The van der Waals surface area contributed by atoms with Crippen molar-refractivity contribution in [3.63, 3.8) is 0 Å². The molecule has 2 fully saturated rings. The summed E-state index contributed by atoms with van der Waals surface area (Å²) in [7, 11) is 0. The van der Waals surface area contributed by atoms with Gasteiger partial charge in [0.25, 0.3) is 0 Å². The lowest BCUT2D eigenvalue weighted by Crippen LogP contribution is -2.54. The third-order valence-corrected chi connectivity index (χ3v) is 5.13. The molecule has 7 nitrogen and oxygen atoms in total. The summed E-state index contributed by atoms with van der Waals surface area (Å²) < 4.78 is 34.4. The van der Waals surface area contributed by atoms with Crippen LogP contribution in [0.25, 0.3) is 0 Å². The first kappa shape index (κ1) is 21.0. The summed E-state index contributed by atoms with van der Waals surface area (Å²) in [5.74, 6) is -3.34. The summed E-state index contributed by atoms with van der Waals surface area (Å²) in [5, 5.41) is 4.79. The van der Waals surface area contributed by atoms with E-state index < -0.39 is 35.5 Å². The number of carbonyl (C=O) groups excluding carboxylic acids is 3. The Morgan fingerprint density at radius 3 is 2.52 bits per heavy atom. The highest BCUT2D eigenvalue weighted by Gasteiger charge is 2.35. The normalized spacial score (nSPS) is 19.8. The van der Waals surface area contributed by atoms with Gasteiger partial charge in [-0.05, 0) is 30.9 Å². The number of carbonyl (C=O) groups is 3. The predicted octanol–water partition coefficient (Wildman–Crippen LogP) is 2.45. The van der Waals surface area contributed by atoms with E-state index in [1.54, 1.807) is 4.90 Å². The Bertz CT molecular complexity index is 786. The molecule has 0 spiro atoms. The zero-order valence-corrected chi connectivity index (χ0v) is 16.5. The smallest absolute Gasteiger partial charge is 0.407 e. The lowest BCUT2D eigenvalue weighted by molar-refractivity contribution is -0.134. The van der Waals surface area contributed by atoms with Gasteiger partial charge >= 0.3 is 6.09 Å². The number of amides is 3. The van der Waals surface area contributed by atoms with Crippen LogP contribution in [0.15, 0.2) is 12.1 Å². The van der Waals surface area contributed by atoms with E-state index in [4.69, 9.17) is 4.74 Å². The molecule has 1 aromatic rings. The molecule has 2 aliphatic rings. The van der Waals surface area contributed by atoms with Gasteiger partial charge < -0.3 is 15.0 Å². The van der Waals surface area contributed by atoms with Crippen LogP contribution in [0.3, 0.4) is 0 Å². The molecule has 2 heterocycles. The average molecular weight is 409 g/mol. The second-order valence-corrected chi connectivity index (χ2v) is 7.87. The lowest BCUT2D eigenvalue weighted by Gasteiger charge is -2.40. The predicted molar refractivity (Wildman–Crippen MR) is 101 cm³/mol. The van der Waals surface area contributed by atoms with Crippen molar-refractivity contribution >= 4 is 23.6 Å². The van der Waals surface area contributed by atoms with E-state index in [1.807, 2.05) is 0 Å². The number of anilines is 1. The van der Waals surface area contributed by atoms with Crippen molar-refractivity contribution in [1.82, 2.24) is 10.6 Å². The van der Waals surface area contributed by atoms with E-state index in [0.29, 0.717) is 31.2 Å². The zero-order valence-electron chi connectivity index (χ0n) is 16.5. The number of ether oxygens (including phenoxy) is 1. The summed E-state index contributed by atoms with van der Waals surface area (Å²) in [4.78, 5) is 36.6. The maximum absolute atomic E-state index is 14.6. The molecule has 9 heteroatoms. The fourth-order valence-corrected chi connectivity index (χ4v) is 3.43. The topological polar surface area (TPSA) is 87.7 Å². The maximum atomic E-state index is 14.6. The van der Waals surface area contributed by atoms with Gasteiger partial charge in [-0.1, -0.05) is 13.8 Å². The number of imide groups is 1. The van der Waals surface area contributed by atoms with E-state index in [1.165, 1.54) is 12.1 Å². The number of hydrogen-bond acceptors (Lipinski definition) is 5. The third kappa shape index (κ3) is 5.02. The van der Waals surface area contributed by atoms with E-state index in [-0.39, 0.29) is 24.5 Å². The number of hydrogen-bond donors (Lipinski definition) is 2. The quantitative estimate of drug-likeness (QED) is 0.705. The fraction of sp³-hybridized carbons (Fsp3) is 0.550. The monoisotopic (exact) mass is 409 g/mol. The van der Waals surface area contributed by atoms with Gasteiger partial charge in [-0.2, -0.15) is 0 Å². The molecule has 0 aliphatic carbocycles. The number of piperidine rings is 1. The zero-order chi connectivity index (χ0) is 21.1. The second kappa shape index (κ2) is 8.75. The standard InChI is InChI=1S/C20H25F2N3O4/c1-11(2)5-6-23-20(28)29-13-9-25(10-13)12-7-15(21)18(16(22)8-12)14-3-4-17(26)24-19(14)27/h7-8,11,13-14H,3-6,9-10H2,1-2H3,(H,23,28)(H,24,26,27)/t14-/m0/s1. The van der Waals surface area contributed by atoms with Crippen LogP contribution >= 0.6 is 0 Å². The van der Waals surface area contributed by atoms with Crippen LogP contribution in [0.1, 0.15) is 44.6 Å². The van der Waals surface area contributed by atoms with Gasteiger partial charge in [0.2, 0.25) is 11.8 Å². The van der Waals surface area contributed by atoms with Crippen LogP contribution in [0.2, 0.25) is 0 Å². The largest absolute Gasteiger partial charge is 0.442 e. The van der Waals surface area contributed by atoms with E-state index in [0.717, 1.165) is 6.42 Å². The molecule has 158 valence electrons. The second-order valence-electron chi connectivity index (χ2n) is 7.87. The molecule has 1 aromatic carbocycles. The number of halogens is 2. The minimum atomic E-state index is -1.02. The molecule has 2 aliphatic heterocycles. The van der Waals surface area contributed by atoms with Crippen molar-refractivity contribution in [2.75, 3.05) is 24.5 Å². The highest BCUT2D eigenvalue weighted by molar-refractivity contribution is 6.01. The van der Waals surface area contributed by atoms with Crippen LogP contribution in [-0.2, 0) is 14.3 Å². The molecule has 3 rings (SSSR count). The highest BCUT2D eigenvalue weighted by Crippen LogP contribution is 2.33. The third-order valence-electron chi connectivity index (χ3n) is 5.13. The minimum Gasteiger partial charge on any atom is -0.442 e. The molecular weight excluding hydrogens is 384 g/mol. The van der Waals surface area contributed by atoms with Crippen LogP contribution in [0.4, 0.5) is 19.3 Å². The number of nitrogens with zero attached hydrogens (tertiary/aromatic N) is 1. The van der Waals surface area contributed by atoms with Gasteiger partial charge in [0.15, 0.2) is 0 Å². The molecule has 1 atom stereocenters. The number of rotatable bonds is 6. The molecule has 0 bridgehead atoms. The number of alkyl carbamates (subject to hydrolysis) is 1. The first-order valence-electron chi connectivity index (χ1n) is 9.76. The Morgan fingerprint density at radius 2 is 1.93 bits per heavy atom. The van der Waals surface area contributed by atoms with Crippen molar-refractivity contribution in [3.8, 4) is 0 Å². The lowest BCUT2D eigenvalue weighted by atomic mass is 9.89. The fourth-order valence-electron chi connectivity index (χ4n) is 3.43. The molecule has 0 unspecified atom stereocenters. The van der Waals surface area contributed by atoms with Crippen molar-refractivity contribution in [1.29, 1.82) is 0 Å². The van der Waals surface area contributed by atoms with E-state index >= 15 is 0 Å². The molecule has 2 N–H and O–H groups in total. The van der Waals surface area contributed by atoms with Gasteiger partial charge in [0.05, 0.1) is 19.0 Å². The molecule has 3 amide bonds. The SMILES string of the molecule is CC(C)CCNC(=O)OC1CN(c2cc(F)c([C@@H]3CCC(=O)NC3=O)c(F)c2)C1. The summed E-state index contributed by atoms with van der Waals surface area (Å²) in [5.41, 5.74) is -0.00675. The Hall–Kier alpha value is -2.71.